The lowest BCUT2D eigenvalue weighted by Gasteiger charge is -2.32. The second-order valence-corrected chi connectivity index (χ2v) is 4.43. The number of aliphatic carboxylic acids is 1. The molecule has 0 saturated carbocycles. The van der Waals surface area contributed by atoms with Gasteiger partial charge in [-0.15, -0.1) is 0 Å². The topological polar surface area (TPSA) is 114 Å². The van der Waals surface area contributed by atoms with E-state index in [2.05, 4.69) is 15.3 Å². The summed E-state index contributed by atoms with van der Waals surface area (Å²) in [5.41, 5.74) is 0.619. The molecule has 0 bridgehead atoms. The second kappa shape index (κ2) is 6.35. The van der Waals surface area contributed by atoms with Crippen molar-refractivity contribution in [1.29, 1.82) is 0 Å². The SMILES string of the molecule is COc1cc(C)nc(NC(=O)N2CCOCC2C(=O)O)n1. The van der Waals surface area contributed by atoms with E-state index >= 15 is 0 Å². The van der Waals surface area contributed by atoms with Gasteiger partial charge in [0.15, 0.2) is 6.04 Å². The van der Waals surface area contributed by atoms with Gasteiger partial charge in [0.1, 0.15) is 0 Å². The van der Waals surface area contributed by atoms with Crippen molar-refractivity contribution in [3.8, 4) is 5.88 Å². The molecule has 1 aromatic rings. The standard InChI is InChI=1S/C12H16N4O5/c1-7-5-9(20-2)14-11(13-7)15-12(19)16-3-4-21-6-8(16)10(17)18/h5,8H,3-4,6H2,1-2H3,(H,17,18)(H,13,14,15,19). The average Bonchev–Trinajstić information content (AvgIpc) is 2.46. The number of carboxylic acid groups (broad SMARTS) is 1. The van der Waals surface area contributed by atoms with Gasteiger partial charge >= 0.3 is 12.0 Å². The Morgan fingerprint density at radius 1 is 1.52 bits per heavy atom. The molecule has 1 aromatic heterocycles. The van der Waals surface area contributed by atoms with Crippen LogP contribution in [-0.4, -0.2) is 64.9 Å². The van der Waals surface area contributed by atoms with Gasteiger partial charge in [-0.1, -0.05) is 0 Å². The molecule has 2 rings (SSSR count). The molecule has 9 heteroatoms. The van der Waals surface area contributed by atoms with Crippen LogP contribution in [0.3, 0.4) is 0 Å². The number of aryl methyl sites for hydroxylation is 1. The fraction of sp³-hybridized carbons (Fsp3) is 0.500. The first-order chi connectivity index (χ1) is 10.0. The van der Waals surface area contributed by atoms with Crippen molar-refractivity contribution in [2.75, 3.05) is 32.2 Å². The molecule has 2 heterocycles. The van der Waals surface area contributed by atoms with Gasteiger partial charge in [0.2, 0.25) is 11.8 Å². The first-order valence-electron chi connectivity index (χ1n) is 6.29. The fourth-order valence-electron chi connectivity index (χ4n) is 1.92. The van der Waals surface area contributed by atoms with Crippen LogP contribution in [0, 0.1) is 6.92 Å². The van der Waals surface area contributed by atoms with E-state index in [9.17, 15) is 9.59 Å². The summed E-state index contributed by atoms with van der Waals surface area (Å²) >= 11 is 0. The summed E-state index contributed by atoms with van der Waals surface area (Å²) in [7, 11) is 1.45. The van der Waals surface area contributed by atoms with E-state index < -0.39 is 18.0 Å². The number of nitrogens with one attached hydrogen (secondary N) is 1. The number of ether oxygens (including phenoxy) is 2. The highest BCUT2D eigenvalue weighted by Crippen LogP contribution is 2.13. The molecule has 1 atom stereocenters. The summed E-state index contributed by atoms with van der Waals surface area (Å²) in [6.07, 6.45) is 0. The number of anilines is 1. The maximum Gasteiger partial charge on any atom is 0.328 e. The van der Waals surface area contributed by atoms with Crippen LogP contribution in [-0.2, 0) is 9.53 Å². The quantitative estimate of drug-likeness (QED) is 0.813. The van der Waals surface area contributed by atoms with Crippen LogP contribution in [0.25, 0.3) is 0 Å². The lowest BCUT2D eigenvalue weighted by molar-refractivity contribution is -0.147. The van der Waals surface area contributed by atoms with Crippen LogP contribution in [0.2, 0.25) is 0 Å². The number of hydrogen-bond acceptors (Lipinski definition) is 6. The van der Waals surface area contributed by atoms with Crippen molar-refractivity contribution in [2.24, 2.45) is 0 Å². The van der Waals surface area contributed by atoms with E-state index in [4.69, 9.17) is 14.6 Å². The molecule has 0 aromatic carbocycles. The number of carbonyl (C=O) groups is 2. The minimum atomic E-state index is -1.12. The van der Waals surface area contributed by atoms with Crippen LogP contribution >= 0.6 is 0 Å². The zero-order valence-corrected chi connectivity index (χ0v) is 11.7. The van der Waals surface area contributed by atoms with Crippen molar-refractivity contribution in [3.63, 3.8) is 0 Å². The Morgan fingerprint density at radius 2 is 2.29 bits per heavy atom. The Morgan fingerprint density at radius 3 is 2.95 bits per heavy atom. The molecule has 1 unspecified atom stereocenters. The molecule has 0 radical (unpaired) electrons. The number of morpholine rings is 1. The highest BCUT2D eigenvalue weighted by Gasteiger charge is 2.33. The smallest absolute Gasteiger partial charge is 0.328 e. The largest absolute Gasteiger partial charge is 0.481 e. The predicted octanol–water partition coefficient (Wildman–Crippen LogP) is 0.111. The first-order valence-corrected chi connectivity index (χ1v) is 6.29. The third-order valence-electron chi connectivity index (χ3n) is 2.93. The minimum absolute atomic E-state index is 0.0409. The molecule has 2 amide bonds. The molecule has 0 spiro atoms. The summed E-state index contributed by atoms with van der Waals surface area (Å²) in [4.78, 5) is 32.5. The van der Waals surface area contributed by atoms with Crippen LogP contribution in [0.1, 0.15) is 5.69 Å². The summed E-state index contributed by atoms with van der Waals surface area (Å²) < 4.78 is 10.1. The maximum absolute atomic E-state index is 12.2. The van der Waals surface area contributed by atoms with Crippen molar-refractivity contribution < 1.29 is 24.2 Å². The van der Waals surface area contributed by atoms with Crippen LogP contribution < -0.4 is 10.1 Å². The molecule has 1 aliphatic rings. The maximum atomic E-state index is 12.2. The van der Waals surface area contributed by atoms with Crippen molar-refractivity contribution in [2.45, 2.75) is 13.0 Å². The molecule has 114 valence electrons. The van der Waals surface area contributed by atoms with E-state index in [1.165, 1.54) is 12.0 Å². The molecule has 21 heavy (non-hydrogen) atoms. The van der Waals surface area contributed by atoms with Gasteiger partial charge in [0.05, 0.1) is 20.3 Å². The van der Waals surface area contributed by atoms with E-state index in [0.717, 1.165) is 0 Å². The van der Waals surface area contributed by atoms with Crippen molar-refractivity contribution in [1.82, 2.24) is 14.9 Å². The first kappa shape index (κ1) is 15.0. The van der Waals surface area contributed by atoms with Crippen LogP contribution in [0.4, 0.5) is 10.7 Å². The molecule has 1 aliphatic heterocycles. The Kier molecular flexibility index (Phi) is 4.53. The third kappa shape index (κ3) is 3.57. The molecule has 1 saturated heterocycles. The number of carbonyl (C=O) groups excluding carboxylic acids is 1. The van der Waals surface area contributed by atoms with E-state index in [1.54, 1.807) is 13.0 Å². The zero-order valence-electron chi connectivity index (χ0n) is 11.7. The van der Waals surface area contributed by atoms with Crippen LogP contribution in [0.15, 0.2) is 6.07 Å². The molecule has 9 nitrogen and oxygen atoms in total. The van der Waals surface area contributed by atoms with E-state index in [1.807, 2.05) is 0 Å². The molecular weight excluding hydrogens is 280 g/mol. The number of hydrogen-bond donors (Lipinski definition) is 2. The molecule has 0 aliphatic carbocycles. The normalized spacial score (nSPS) is 18.2. The summed E-state index contributed by atoms with van der Waals surface area (Å²) in [6.45, 7) is 2.16. The number of urea groups is 1. The molecule has 2 N–H and O–H groups in total. The van der Waals surface area contributed by atoms with E-state index in [-0.39, 0.29) is 25.7 Å². The van der Waals surface area contributed by atoms with Gasteiger partial charge in [0.25, 0.3) is 0 Å². The number of methoxy groups -OCH3 is 1. The van der Waals surface area contributed by atoms with Gasteiger partial charge in [-0.2, -0.15) is 4.98 Å². The number of rotatable bonds is 3. The van der Waals surface area contributed by atoms with Gasteiger partial charge in [0, 0.05) is 18.3 Å². The third-order valence-corrected chi connectivity index (χ3v) is 2.93. The number of aromatic nitrogens is 2. The average molecular weight is 296 g/mol. The van der Waals surface area contributed by atoms with Gasteiger partial charge in [-0.05, 0) is 6.92 Å². The number of nitrogens with zero attached hydrogens (tertiary/aromatic N) is 3. The highest BCUT2D eigenvalue weighted by atomic mass is 16.5. The van der Waals surface area contributed by atoms with Gasteiger partial charge < -0.3 is 19.5 Å². The molecule has 1 fully saturated rings. The van der Waals surface area contributed by atoms with Crippen molar-refractivity contribution in [3.05, 3.63) is 11.8 Å². The Hall–Kier alpha value is -2.42. The van der Waals surface area contributed by atoms with Crippen molar-refractivity contribution >= 4 is 17.9 Å². The monoisotopic (exact) mass is 296 g/mol. The second-order valence-electron chi connectivity index (χ2n) is 4.43. The minimum Gasteiger partial charge on any atom is -0.481 e. The lowest BCUT2D eigenvalue weighted by atomic mass is 10.2. The summed E-state index contributed by atoms with van der Waals surface area (Å²) in [5, 5.41) is 11.6. The van der Waals surface area contributed by atoms with E-state index in [0.29, 0.717) is 11.6 Å². The Balaban J connectivity index is 2.13. The lowest BCUT2D eigenvalue weighted by Crippen LogP contribution is -2.54. The highest BCUT2D eigenvalue weighted by molar-refractivity contribution is 5.91. The summed E-state index contributed by atoms with van der Waals surface area (Å²) in [6, 6.07) is 0.00793. The van der Waals surface area contributed by atoms with Gasteiger partial charge in [-0.25, -0.2) is 14.6 Å². The summed E-state index contributed by atoms with van der Waals surface area (Å²) in [5.74, 6) is -0.741. The number of carboxylic acids is 1. The Labute approximate surface area is 120 Å². The Bertz CT molecular complexity index is 550. The molecular formula is C12H16N4O5. The predicted molar refractivity (Wildman–Crippen MR) is 71.3 cm³/mol. The van der Waals surface area contributed by atoms with Gasteiger partial charge in [-0.3, -0.25) is 5.32 Å². The van der Waals surface area contributed by atoms with Crippen LogP contribution in [0.5, 0.6) is 5.88 Å². The fourth-order valence-corrected chi connectivity index (χ4v) is 1.92. The number of amides is 2. The zero-order chi connectivity index (χ0) is 15.4.